The molecule has 0 aliphatic rings. The number of nitrogens with zero attached hydrogens (tertiary/aromatic N) is 2. The maximum absolute atomic E-state index is 13.2. The third-order valence-electron chi connectivity index (χ3n) is 5.09. The number of nitrogens with one attached hydrogen (secondary N) is 1. The average molecular weight is 452 g/mol. The molecule has 8 heteroatoms. The van der Waals surface area contributed by atoms with Crippen LogP contribution in [0.15, 0.2) is 76.3 Å². The van der Waals surface area contributed by atoms with Gasteiger partial charge in [-0.2, -0.15) is 0 Å². The molecule has 0 saturated heterocycles. The largest absolute Gasteiger partial charge is 0.332 e. The number of anilines is 1. The SMILES string of the molecule is Cc1ccc(NC(=O)Cn2c(=O)n(Cc3ccc(F)cc3)c(=O)c3ccccc32)c(Cl)c1. The smallest absolute Gasteiger partial charge is 0.323 e. The summed E-state index contributed by atoms with van der Waals surface area (Å²) >= 11 is 6.19. The Hall–Kier alpha value is -3.71. The maximum Gasteiger partial charge on any atom is 0.332 e. The highest BCUT2D eigenvalue weighted by Crippen LogP contribution is 2.22. The van der Waals surface area contributed by atoms with E-state index >= 15 is 0 Å². The highest BCUT2D eigenvalue weighted by molar-refractivity contribution is 6.33. The zero-order valence-electron chi connectivity index (χ0n) is 17.1. The molecule has 0 atom stereocenters. The molecule has 32 heavy (non-hydrogen) atoms. The Morgan fingerprint density at radius 3 is 2.44 bits per heavy atom. The molecule has 0 radical (unpaired) electrons. The van der Waals surface area contributed by atoms with E-state index in [0.29, 0.717) is 27.2 Å². The molecule has 1 heterocycles. The number of benzene rings is 3. The van der Waals surface area contributed by atoms with Crippen LogP contribution in [0.3, 0.4) is 0 Å². The molecule has 1 aromatic heterocycles. The van der Waals surface area contributed by atoms with Gasteiger partial charge in [-0.1, -0.05) is 41.9 Å². The first-order valence-electron chi connectivity index (χ1n) is 9.86. The van der Waals surface area contributed by atoms with Crippen LogP contribution in [-0.4, -0.2) is 15.0 Å². The predicted octanol–water partition coefficient (Wildman–Crippen LogP) is 3.95. The van der Waals surface area contributed by atoms with E-state index < -0.39 is 23.0 Å². The molecule has 0 aliphatic carbocycles. The summed E-state index contributed by atoms with van der Waals surface area (Å²) in [6.45, 7) is 1.52. The second-order valence-corrected chi connectivity index (χ2v) is 7.84. The van der Waals surface area contributed by atoms with Crippen LogP contribution in [0.25, 0.3) is 10.9 Å². The van der Waals surface area contributed by atoms with Crippen LogP contribution < -0.4 is 16.6 Å². The van der Waals surface area contributed by atoms with Crippen LogP contribution >= 0.6 is 11.6 Å². The minimum Gasteiger partial charge on any atom is -0.323 e. The van der Waals surface area contributed by atoms with E-state index in [1.54, 1.807) is 36.4 Å². The molecule has 0 bridgehead atoms. The van der Waals surface area contributed by atoms with Crippen molar-refractivity contribution in [3.63, 3.8) is 0 Å². The van der Waals surface area contributed by atoms with Crippen molar-refractivity contribution in [2.45, 2.75) is 20.0 Å². The first-order valence-corrected chi connectivity index (χ1v) is 10.2. The zero-order valence-corrected chi connectivity index (χ0v) is 17.9. The summed E-state index contributed by atoms with van der Waals surface area (Å²) in [5.74, 6) is -0.876. The van der Waals surface area contributed by atoms with Gasteiger partial charge in [0.2, 0.25) is 5.91 Å². The quantitative estimate of drug-likeness (QED) is 0.499. The van der Waals surface area contributed by atoms with Crippen LogP contribution in [0.4, 0.5) is 10.1 Å². The molecule has 1 N–H and O–H groups in total. The molecule has 0 fully saturated rings. The van der Waals surface area contributed by atoms with E-state index in [-0.39, 0.29) is 13.1 Å². The van der Waals surface area contributed by atoms with Crippen molar-refractivity contribution < 1.29 is 9.18 Å². The topological polar surface area (TPSA) is 73.1 Å². The van der Waals surface area contributed by atoms with Crippen LogP contribution in [0.1, 0.15) is 11.1 Å². The van der Waals surface area contributed by atoms with E-state index in [2.05, 4.69) is 5.32 Å². The summed E-state index contributed by atoms with van der Waals surface area (Å²) in [6.07, 6.45) is 0. The van der Waals surface area contributed by atoms with E-state index in [4.69, 9.17) is 11.6 Å². The summed E-state index contributed by atoms with van der Waals surface area (Å²) in [7, 11) is 0. The molecule has 0 spiro atoms. The molecule has 162 valence electrons. The van der Waals surface area contributed by atoms with E-state index in [0.717, 1.165) is 10.1 Å². The molecule has 3 aromatic carbocycles. The van der Waals surface area contributed by atoms with Gasteiger partial charge in [0.05, 0.1) is 28.2 Å². The summed E-state index contributed by atoms with van der Waals surface area (Å²) in [4.78, 5) is 39.0. The minimum absolute atomic E-state index is 0.0474. The lowest BCUT2D eigenvalue weighted by Crippen LogP contribution is -2.42. The third kappa shape index (κ3) is 4.33. The molecule has 0 saturated carbocycles. The number of aromatic nitrogens is 2. The molecule has 4 rings (SSSR count). The van der Waals surface area contributed by atoms with Crippen LogP contribution in [0.2, 0.25) is 5.02 Å². The fourth-order valence-electron chi connectivity index (χ4n) is 3.49. The van der Waals surface area contributed by atoms with Crippen LogP contribution in [0.5, 0.6) is 0 Å². The number of hydrogen-bond donors (Lipinski definition) is 1. The van der Waals surface area contributed by atoms with Crippen LogP contribution in [0, 0.1) is 12.7 Å². The van der Waals surface area contributed by atoms with Crippen molar-refractivity contribution in [2.75, 3.05) is 5.32 Å². The lowest BCUT2D eigenvalue weighted by molar-refractivity contribution is -0.116. The number of amides is 1. The first-order chi connectivity index (χ1) is 15.3. The van der Waals surface area contributed by atoms with Crippen molar-refractivity contribution in [3.05, 3.63) is 110 Å². The Morgan fingerprint density at radius 2 is 1.72 bits per heavy atom. The van der Waals surface area contributed by atoms with Gasteiger partial charge < -0.3 is 5.32 Å². The number of carbonyl (C=O) groups is 1. The molecule has 0 aliphatic heterocycles. The maximum atomic E-state index is 13.2. The Morgan fingerprint density at radius 1 is 1.00 bits per heavy atom. The van der Waals surface area contributed by atoms with E-state index in [1.807, 2.05) is 13.0 Å². The number of hydrogen-bond acceptors (Lipinski definition) is 3. The molecular formula is C24H19ClFN3O3. The van der Waals surface area contributed by atoms with Gasteiger partial charge in [0.1, 0.15) is 12.4 Å². The van der Waals surface area contributed by atoms with Crippen molar-refractivity contribution >= 4 is 34.1 Å². The summed E-state index contributed by atoms with van der Waals surface area (Å²) in [5, 5.41) is 3.40. The lowest BCUT2D eigenvalue weighted by Gasteiger charge is -2.15. The number of halogens is 2. The van der Waals surface area contributed by atoms with Crippen LogP contribution in [-0.2, 0) is 17.9 Å². The Labute approximate surface area is 187 Å². The number of aryl methyl sites for hydroxylation is 1. The Balaban J connectivity index is 1.74. The Kier molecular flexibility index (Phi) is 5.92. The normalized spacial score (nSPS) is 11.0. The fraction of sp³-hybridized carbons (Fsp3) is 0.125. The van der Waals surface area contributed by atoms with Gasteiger partial charge >= 0.3 is 5.69 Å². The Bertz CT molecular complexity index is 1440. The molecule has 0 unspecified atom stereocenters. The van der Waals surface area contributed by atoms with Gasteiger partial charge in [0.15, 0.2) is 0 Å². The average Bonchev–Trinajstić information content (AvgIpc) is 2.77. The van der Waals surface area contributed by atoms with Crippen molar-refractivity contribution in [1.29, 1.82) is 0 Å². The van der Waals surface area contributed by atoms with E-state index in [9.17, 15) is 18.8 Å². The van der Waals surface area contributed by atoms with E-state index in [1.165, 1.54) is 28.8 Å². The van der Waals surface area contributed by atoms with Crippen molar-refractivity contribution in [2.24, 2.45) is 0 Å². The minimum atomic E-state index is -0.636. The summed E-state index contributed by atoms with van der Waals surface area (Å²) in [5.41, 5.74) is 1.20. The fourth-order valence-corrected chi connectivity index (χ4v) is 3.77. The molecular weight excluding hydrogens is 433 g/mol. The zero-order chi connectivity index (χ0) is 22.8. The first kappa shape index (κ1) is 21.5. The lowest BCUT2D eigenvalue weighted by atomic mass is 10.2. The second-order valence-electron chi connectivity index (χ2n) is 7.44. The van der Waals surface area contributed by atoms with Gasteiger partial charge in [-0.3, -0.25) is 18.7 Å². The third-order valence-corrected chi connectivity index (χ3v) is 5.40. The molecule has 1 amide bonds. The molecule has 4 aromatic rings. The predicted molar refractivity (Wildman–Crippen MR) is 123 cm³/mol. The summed E-state index contributed by atoms with van der Waals surface area (Å²) < 4.78 is 15.5. The van der Waals surface area contributed by atoms with Crippen molar-refractivity contribution in [1.82, 2.24) is 9.13 Å². The highest BCUT2D eigenvalue weighted by Gasteiger charge is 2.16. The standard InChI is InChI=1S/C24H19ClFN3O3/c1-15-6-11-20(19(25)12-15)27-22(30)14-28-21-5-3-2-4-18(21)23(31)29(24(28)32)13-16-7-9-17(26)10-8-16/h2-12H,13-14H2,1H3,(H,27,30). The van der Waals surface area contributed by atoms with Gasteiger partial charge in [-0.05, 0) is 54.4 Å². The summed E-state index contributed by atoms with van der Waals surface area (Å²) in [6, 6.07) is 17.4. The number of rotatable bonds is 5. The second kappa shape index (κ2) is 8.80. The highest BCUT2D eigenvalue weighted by atomic mass is 35.5. The van der Waals surface area contributed by atoms with Gasteiger partial charge in [0, 0.05) is 0 Å². The number of fused-ring (bicyclic) bond motifs is 1. The number of para-hydroxylation sites is 1. The van der Waals surface area contributed by atoms with Gasteiger partial charge in [-0.25, -0.2) is 9.18 Å². The van der Waals surface area contributed by atoms with Gasteiger partial charge in [0.25, 0.3) is 5.56 Å². The monoisotopic (exact) mass is 451 g/mol. The van der Waals surface area contributed by atoms with Gasteiger partial charge in [-0.15, -0.1) is 0 Å². The molecule has 6 nitrogen and oxygen atoms in total. The van der Waals surface area contributed by atoms with Crippen molar-refractivity contribution in [3.8, 4) is 0 Å². The number of carbonyl (C=O) groups excluding carboxylic acids is 1.